The Morgan fingerprint density at radius 2 is 1.83 bits per heavy atom. The van der Waals surface area contributed by atoms with Gasteiger partial charge in [-0.05, 0) is 40.7 Å². The van der Waals surface area contributed by atoms with Gasteiger partial charge in [-0.3, -0.25) is 10.2 Å². The van der Waals surface area contributed by atoms with Crippen molar-refractivity contribution in [3.8, 4) is 5.95 Å². The minimum atomic E-state index is -0.361. The summed E-state index contributed by atoms with van der Waals surface area (Å²) < 4.78 is 1.52. The molecule has 0 unspecified atom stereocenters. The smallest absolute Gasteiger partial charge is 0.290 e. The molecule has 0 aliphatic heterocycles. The van der Waals surface area contributed by atoms with E-state index in [1.165, 1.54) is 9.75 Å². The van der Waals surface area contributed by atoms with E-state index in [0.29, 0.717) is 24.9 Å². The third kappa shape index (κ3) is 4.04. The van der Waals surface area contributed by atoms with Gasteiger partial charge in [0.1, 0.15) is 5.82 Å². The van der Waals surface area contributed by atoms with Crippen LogP contribution >= 0.6 is 0 Å². The van der Waals surface area contributed by atoms with E-state index in [9.17, 15) is 4.79 Å². The molecule has 0 saturated heterocycles. The molecule has 0 saturated carbocycles. The zero-order chi connectivity index (χ0) is 17.0. The first kappa shape index (κ1) is 16.9. The van der Waals surface area contributed by atoms with Crippen molar-refractivity contribution in [3.63, 3.8) is 0 Å². The monoisotopic (exact) mass is 318 g/mol. The lowest BCUT2D eigenvalue weighted by Gasteiger charge is -2.19. The average Bonchev–Trinajstić information content (AvgIpc) is 2.84. The summed E-state index contributed by atoms with van der Waals surface area (Å²) in [5.41, 5.74) is 2.42. The highest BCUT2D eigenvalue weighted by Crippen LogP contribution is 2.16. The lowest BCUT2D eigenvalue weighted by Crippen LogP contribution is -2.35. The van der Waals surface area contributed by atoms with Gasteiger partial charge in [0.2, 0.25) is 0 Å². The van der Waals surface area contributed by atoms with Crippen molar-refractivity contribution in [3.05, 3.63) is 29.2 Å². The maximum absolute atomic E-state index is 12.3. The zero-order valence-corrected chi connectivity index (χ0v) is 14.1. The Labute approximate surface area is 135 Å². The Balaban J connectivity index is 2.32. The Morgan fingerprint density at radius 3 is 2.39 bits per heavy atom. The Morgan fingerprint density at radius 1 is 1.17 bits per heavy atom. The van der Waals surface area contributed by atoms with Crippen LogP contribution in [0.15, 0.2) is 12.1 Å². The number of carbonyl (C=O) groups excluding carboxylic acids is 1. The zero-order valence-electron chi connectivity index (χ0n) is 14.1. The Hall–Kier alpha value is -2.48. The molecule has 0 aliphatic carbocycles. The average molecular weight is 318 g/mol. The summed E-state index contributed by atoms with van der Waals surface area (Å²) >= 11 is 0. The number of carbonyl (C=O) groups is 1. The van der Waals surface area contributed by atoms with Crippen LogP contribution in [0.2, 0.25) is 0 Å². The highest BCUT2D eigenvalue weighted by molar-refractivity contribution is 5.88. The predicted molar refractivity (Wildman–Crippen MR) is 86.4 cm³/mol. The number of hydrogen-bond donors (Lipinski definition) is 1. The molecule has 0 fully saturated rings. The summed E-state index contributed by atoms with van der Waals surface area (Å²) in [4.78, 5) is 26.3. The van der Waals surface area contributed by atoms with Crippen molar-refractivity contribution >= 4 is 11.8 Å². The van der Waals surface area contributed by atoms with Crippen LogP contribution in [0.1, 0.15) is 30.9 Å². The molecule has 2 aromatic rings. The summed E-state index contributed by atoms with van der Waals surface area (Å²) in [7, 11) is 0. The van der Waals surface area contributed by atoms with Gasteiger partial charge >= 0.3 is 6.03 Å². The second-order valence-corrected chi connectivity index (χ2v) is 5.08. The number of amides is 2. The second kappa shape index (κ2) is 7.19. The van der Waals surface area contributed by atoms with E-state index < -0.39 is 0 Å². The Bertz CT molecular complexity index is 677. The number of aromatic nitrogens is 4. The first-order valence-corrected chi connectivity index (χ1v) is 7.55. The first-order valence-electron chi connectivity index (χ1n) is 7.55. The molecule has 0 aromatic carbocycles. The highest BCUT2D eigenvalue weighted by Gasteiger charge is 2.17. The fourth-order valence-electron chi connectivity index (χ4n) is 2.16. The number of nitrogens with one attached hydrogen (secondary N) is 1. The lowest BCUT2D eigenvalue weighted by atomic mass is 10.4. The minimum absolute atomic E-state index is 0.361. The molecule has 2 rings (SSSR count). The molecule has 1 N–H and O–H groups in total. The van der Waals surface area contributed by atoms with Crippen LogP contribution < -0.4 is 5.32 Å². The van der Waals surface area contributed by atoms with Crippen LogP contribution in [-0.4, -0.2) is 44.0 Å². The van der Waals surface area contributed by atoms with Gasteiger partial charge in [0, 0.05) is 24.0 Å². The molecule has 0 radical (unpaired) electrons. The van der Waals surface area contributed by atoms with E-state index in [1.807, 2.05) is 40.7 Å². The summed E-state index contributed by atoms with van der Waals surface area (Å²) in [6.07, 6.45) is 0. The van der Waals surface area contributed by atoms with Gasteiger partial charge in [-0.2, -0.15) is 9.78 Å². The van der Waals surface area contributed by atoms with E-state index in [4.69, 9.17) is 4.84 Å². The summed E-state index contributed by atoms with van der Waals surface area (Å²) in [5.74, 6) is 0.918. The first-order chi connectivity index (χ1) is 10.9. The Kier molecular flexibility index (Phi) is 5.28. The molecule has 8 heteroatoms. The van der Waals surface area contributed by atoms with Gasteiger partial charge in [0.15, 0.2) is 0 Å². The normalized spacial score (nSPS) is 10.7. The molecule has 2 aromatic heterocycles. The number of nitrogens with zero attached hydrogens (tertiary/aromatic N) is 5. The third-order valence-electron chi connectivity index (χ3n) is 3.03. The fourth-order valence-corrected chi connectivity index (χ4v) is 2.16. The van der Waals surface area contributed by atoms with E-state index in [-0.39, 0.29) is 6.03 Å². The van der Waals surface area contributed by atoms with E-state index in [2.05, 4.69) is 20.4 Å². The van der Waals surface area contributed by atoms with Gasteiger partial charge in [-0.25, -0.2) is 19.8 Å². The summed E-state index contributed by atoms with van der Waals surface area (Å²) in [6, 6.07) is 3.28. The number of urea groups is 1. The van der Waals surface area contributed by atoms with Crippen LogP contribution in [0.3, 0.4) is 0 Å². The van der Waals surface area contributed by atoms with Crippen LogP contribution in [0.25, 0.3) is 5.95 Å². The molecular weight excluding hydrogens is 296 g/mol. The number of hydroxylamine groups is 2. The molecule has 0 bridgehead atoms. The van der Waals surface area contributed by atoms with Gasteiger partial charge in [-0.15, -0.1) is 0 Å². The van der Waals surface area contributed by atoms with Crippen molar-refractivity contribution in [2.75, 3.05) is 18.5 Å². The van der Waals surface area contributed by atoms with Crippen LogP contribution in [0, 0.1) is 20.8 Å². The van der Waals surface area contributed by atoms with Gasteiger partial charge in [0.05, 0.1) is 12.3 Å². The van der Waals surface area contributed by atoms with Gasteiger partial charge < -0.3 is 0 Å². The van der Waals surface area contributed by atoms with E-state index >= 15 is 0 Å². The standard InChI is InChI=1S/C15H22N6O2/c1-6-20(23-7-2)15(22)18-13-9-12(5)19-21(13)14-16-10(3)8-11(4)17-14/h8-9H,6-7H2,1-5H3,(H,18,22). The SMILES string of the molecule is CCON(CC)C(=O)Nc1cc(C)nn1-c1nc(C)cc(C)n1. The molecule has 124 valence electrons. The van der Waals surface area contributed by atoms with E-state index in [0.717, 1.165) is 17.1 Å². The highest BCUT2D eigenvalue weighted by atomic mass is 16.7. The topological polar surface area (TPSA) is 85.2 Å². The van der Waals surface area contributed by atoms with Crippen molar-refractivity contribution in [2.45, 2.75) is 34.6 Å². The molecule has 2 heterocycles. The molecule has 0 aliphatic rings. The number of aryl methyl sites for hydroxylation is 3. The molecule has 0 atom stereocenters. The maximum Gasteiger partial charge on any atom is 0.346 e. The predicted octanol–water partition coefficient (Wildman–Crippen LogP) is 2.39. The van der Waals surface area contributed by atoms with Gasteiger partial charge in [0.25, 0.3) is 5.95 Å². The second-order valence-electron chi connectivity index (χ2n) is 5.08. The number of hydrogen-bond acceptors (Lipinski definition) is 5. The summed E-state index contributed by atoms with van der Waals surface area (Å²) in [6.45, 7) is 10.1. The number of rotatable bonds is 5. The van der Waals surface area contributed by atoms with Crippen LogP contribution in [0.5, 0.6) is 0 Å². The van der Waals surface area contributed by atoms with Gasteiger partial charge in [-0.1, -0.05) is 0 Å². The van der Waals surface area contributed by atoms with Crippen molar-refractivity contribution in [1.82, 2.24) is 24.8 Å². The molecule has 0 spiro atoms. The van der Waals surface area contributed by atoms with Crippen LogP contribution in [0.4, 0.5) is 10.6 Å². The third-order valence-corrected chi connectivity index (χ3v) is 3.03. The molecule has 2 amide bonds. The van der Waals surface area contributed by atoms with Crippen molar-refractivity contribution in [2.24, 2.45) is 0 Å². The molecular formula is C15H22N6O2. The largest absolute Gasteiger partial charge is 0.346 e. The fraction of sp³-hybridized carbons (Fsp3) is 0.467. The van der Waals surface area contributed by atoms with Crippen LogP contribution in [-0.2, 0) is 4.84 Å². The maximum atomic E-state index is 12.3. The van der Waals surface area contributed by atoms with Crippen molar-refractivity contribution in [1.29, 1.82) is 0 Å². The van der Waals surface area contributed by atoms with Crippen molar-refractivity contribution < 1.29 is 9.63 Å². The lowest BCUT2D eigenvalue weighted by molar-refractivity contribution is -0.104. The summed E-state index contributed by atoms with van der Waals surface area (Å²) in [5, 5.41) is 8.41. The minimum Gasteiger partial charge on any atom is -0.290 e. The molecule has 23 heavy (non-hydrogen) atoms. The molecule has 8 nitrogen and oxygen atoms in total. The van der Waals surface area contributed by atoms with E-state index in [1.54, 1.807) is 6.07 Å². The number of anilines is 1. The quantitative estimate of drug-likeness (QED) is 0.856.